The summed E-state index contributed by atoms with van der Waals surface area (Å²) in [5.41, 5.74) is 0.520. The Kier molecular flexibility index (Phi) is 6.78. The van der Waals surface area contributed by atoms with Gasteiger partial charge in [0.1, 0.15) is 29.1 Å². The van der Waals surface area contributed by atoms with Crippen LogP contribution in [0, 0.1) is 17.1 Å². The van der Waals surface area contributed by atoms with Crippen molar-refractivity contribution in [2.75, 3.05) is 0 Å². The number of halogens is 3. The largest absolute Gasteiger partial charge is 0.488 e. The molecule has 0 saturated heterocycles. The van der Waals surface area contributed by atoms with Crippen LogP contribution in [0.15, 0.2) is 76.5 Å². The summed E-state index contributed by atoms with van der Waals surface area (Å²) in [4.78, 5) is -0.527. The number of hydrogen-bond donors (Lipinski definition) is 0. The maximum atomic E-state index is 14.0. The van der Waals surface area contributed by atoms with E-state index in [1.54, 1.807) is 36.4 Å². The van der Waals surface area contributed by atoms with Gasteiger partial charge in [0.2, 0.25) is 9.84 Å². The van der Waals surface area contributed by atoms with Crippen LogP contribution in [0.4, 0.5) is 4.39 Å². The number of sulfone groups is 1. The molecule has 0 bridgehead atoms. The Balaban J connectivity index is 1.95. The minimum absolute atomic E-state index is 0.0590. The van der Waals surface area contributed by atoms with Gasteiger partial charge in [-0.1, -0.05) is 47.5 Å². The summed E-state index contributed by atoms with van der Waals surface area (Å²) in [5, 5.41) is 10.1. The molecule has 0 aliphatic heterocycles. The predicted octanol–water partition coefficient (Wildman–Crippen LogP) is 6.05. The molecule has 30 heavy (non-hydrogen) atoms. The third kappa shape index (κ3) is 4.82. The Morgan fingerprint density at radius 2 is 1.73 bits per heavy atom. The number of ether oxygens (including phenoxy) is 1. The van der Waals surface area contributed by atoms with E-state index >= 15 is 0 Å². The summed E-state index contributed by atoms with van der Waals surface area (Å²) < 4.78 is 45.3. The standard InChI is InChI=1S/C22H14Cl2FNO3S/c23-16-8-10-17(11-9-16)30(27,28)18(13-26)12-15-4-1-2-7-22(15)29-14-19-20(24)5-3-6-21(19)25/h1-12H,14H2. The van der Waals surface area contributed by atoms with Crippen LogP contribution in [0.5, 0.6) is 5.75 Å². The molecule has 0 amide bonds. The third-order valence-electron chi connectivity index (χ3n) is 4.16. The van der Waals surface area contributed by atoms with Gasteiger partial charge in [0.15, 0.2) is 0 Å². The molecular formula is C22H14Cl2FNO3S. The summed E-state index contributed by atoms with van der Waals surface area (Å²) in [6.07, 6.45) is 1.21. The van der Waals surface area contributed by atoms with E-state index in [1.165, 1.54) is 42.5 Å². The zero-order chi connectivity index (χ0) is 21.7. The molecule has 0 heterocycles. The number of benzene rings is 3. The Labute approximate surface area is 183 Å². The third-order valence-corrected chi connectivity index (χ3v) is 6.45. The number of para-hydroxylation sites is 1. The second-order valence-electron chi connectivity index (χ2n) is 6.10. The SMILES string of the molecule is N#CC(=Cc1ccccc1OCc1c(F)cccc1Cl)S(=O)(=O)c1ccc(Cl)cc1. The fourth-order valence-corrected chi connectivity index (χ4v) is 4.10. The van der Waals surface area contributed by atoms with Gasteiger partial charge in [-0.25, -0.2) is 12.8 Å². The van der Waals surface area contributed by atoms with E-state index in [9.17, 15) is 18.1 Å². The normalized spacial score (nSPS) is 11.7. The fourth-order valence-electron chi connectivity index (χ4n) is 2.60. The van der Waals surface area contributed by atoms with Crippen LogP contribution in [0.2, 0.25) is 10.0 Å². The first-order chi connectivity index (χ1) is 14.3. The lowest BCUT2D eigenvalue weighted by molar-refractivity contribution is 0.299. The van der Waals surface area contributed by atoms with Crippen molar-refractivity contribution in [2.24, 2.45) is 0 Å². The first kappa shape index (κ1) is 21.8. The first-order valence-electron chi connectivity index (χ1n) is 8.60. The van der Waals surface area contributed by atoms with Crippen molar-refractivity contribution in [3.63, 3.8) is 0 Å². The molecule has 0 saturated carbocycles. The van der Waals surface area contributed by atoms with Crippen LogP contribution in [0.25, 0.3) is 6.08 Å². The van der Waals surface area contributed by atoms with E-state index in [-0.39, 0.29) is 27.8 Å². The van der Waals surface area contributed by atoms with Gasteiger partial charge in [0, 0.05) is 16.1 Å². The maximum absolute atomic E-state index is 14.0. The highest BCUT2D eigenvalue weighted by Gasteiger charge is 2.21. The topological polar surface area (TPSA) is 67.2 Å². The molecule has 0 aliphatic rings. The molecular weight excluding hydrogens is 448 g/mol. The average Bonchev–Trinajstić information content (AvgIpc) is 2.72. The van der Waals surface area contributed by atoms with Gasteiger partial charge in [-0.05, 0) is 48.5 Å². The highest BCUT2D eigenvalue weighted by molar-refractivity contribution is 7.95. The van der Waals surface area contributed by atoms with E-state index in [2.05, 4.69) is 0 Å². The monoisotopic (exact) mass is 461 g/mol. The Morgan fingerprint density at radius 3 is 2.40 bits per heavy atom. The molecule has 152 valence electrons. The van der Waals surface area contributed by atoms with Crippen molar-refractivity contribution in [3.05, 3.63) is 98.6 Å². The zero-order valence-electron chi connectivity index (χ0n) is 15.3. The summed E-state index contributed by atoms with van der Waals surface area (Å²) in [6, 6.07) is 18.0. The number of hydrogen-bond acceptors (Lipinski definition) is 4. The fraction of sp³-hybridized carbons (Fsp3) is 0.0455. The summed E-state index contributed by atoms with van der Waals surface area (Å²) in [6.45, 7) is -0.165. The molecule has 4 nitrogen and oxygen atoms in total. The van der Waals surface area contributed by atoms with Gasteiger partial charge < -0.3 is 4.74 Å². The summed E-state index contributed by atoms with van der Waals surface area (Å²) in [5.74, 6) is -0.241. The highest BCUT2D eigenvalue weighted by atomic mass is 35.5. The number of nitrogens with zero attached hydrogens (tertiary/aromatic N) is 1. The van der Waals surface area contributed by atoms with Gasteiger partial charge in [-0.2, -0.15) is 5.26 Å². The molecule has 0 spiro atoms. The van der Waals surface area contributed by atoms with Gasteiger partial charge >= 0.3 is 0 Å². The van der Waals surface area contributed by atoms with Crippen LogP contribution in [0.3, 0.4) is 0 Å². The molecule has 8 heteroatoms. The second kappa shape index (κ2) is 9.31. The molecule has 0 aromatic heterocycles. The summed E-state index contributed by atoms with van der Waals surface area (Å²) >= 11 is 11.8. The van der Waals surface area contributed by atoms with Crippen LogP contribution in [0.1, 0.15) is 11.1 Å². The van der Waals surface area contributed by atoms with Crippen LogP contribution < -0.4 is 4.74 Å². The molecule has 0 unspecified atom stereocenters. The molecule has 0 radical (unpaired) electrons. The molecule has 0 atom stereocenters. The van der Waals surface area contributed by atoms with Crippen molar-refractivity contribution < 1.29 is 17.5 Å². The van der Waals surface area contributed by atoms with Gasteiger partial charge in [0.25, 0.3) is 0 Å². The van der Waals surface area contributed by atoms with E-state index in [0.29, 0.717) is 10.6 Å². The second-order valence-corrected chi connectivity index (χ2v) is 8.87. The summed E-state index contributed by atoms with van der Waals surface area (Å²) in [7, 11) is -4.06. The number of nitriles is 1. The zero-order valence-corrected chi connectivity index (χ0v) is 17.7. The Bertz CT molecular complexity index is 1230. The molecule has 0 N–H and O–H groups in total. The first-order valence-corrected chi connectivity index (χ1v) is 10.8. The van der Waals surface area contributed by atoms with E-state index < -0.39 is 20.6 Å². The number of allylic oxidation sites excluding steroid dienone is 1. The molecule has 0 fully saturated rings. The molecule has 3 aromatic rings. The van der Waals surface area contributed by atoms with Crippen LogP contribution in [-0.4, -0.2) is 8.42 Å². The minimum Gasteiger partial charge on any atom is -0.488 e. The van der Waals surface area contributed by atoms with Crippen LogP contribution >= 0.6 is 23.2 Å². The van der Waals surface area contributed by atoms with Crippen molar-refractivity contribution in [3.8, 4) is 11.8 Å². The average molecular weight is 462 g/mol. The van der Waals surface area contributed by atoms with Crippen molar-refractivity contribution >= 4 is 39.1 Å². The van der Waals surface area contributed by atoms with Gasteiger partial charge in [-0.3, -0.25) is 0 Å². The van der Waals surface area contributed by atoms with Gasteiger partial charge in [0.05, 0.1) is 9.92 Å². The van der Waals surface area contributed by atoms with E-state index in [1.807, 2.05) is 0 Å². The Morgan fingerprint density at radius 1 is 1.03 bits per heavy atom. The minimum atomic E-state index is -4.06. The molecule has 3 rings (SSSR count). The lowest BCUT2D eigenvalue weighted by atomic mass is 10.2. The lowest BCUT2D eigenvalue weighted by Crippen LogP contribution is -2.04. The van der Waals surface area contributed by atoms with Crippen molar-refractivity contribution in [2.45, 2.75) is 11.5 Å². The molecule has 0 aliphatic carbocycles. The van der Waals surface area contributed by atoms with E-state index in [0.717, 1.165) is 0 Å². The maximum Gasteiger partial charge on any atom is 0.216 e. The Hall–Kier alpha value is -2.85. The van der Waals surface area contributed by atoms with Crippen molar-refractivity contribution in [1.29, 1.82) is 5.26 Å². The smallest absolute Gasteiger partial charge is 0.216 e. The van der Waals surface area contributed by atoms with Crippen molar-refractivity contribution in [1.82, 2.24) is 0 Å². The number of rotatable bonds is 6. The lowest BCUT2D eigenvalue weighted by Gasteiger charge is -2.11. The van der Waals surface area contributed by atoms with Crippen LogP contribution in [-0.2, 0) is 16.4 Å². The van der Waals surface area contributed by atoms with Gasteiger partial charge in [-0.15, -0.1) is 0 Å². The molecule has 3 aromatic carbocycles. The highest BCUT2D eigenvalue weighted by Crippen LogP contribution is 2.28. The predicted molar refractivity (Wildman–Crippen MR) is 114 cm³/mol. The van der Waals surface area contributed by atoms with E-state index in [4.69, 9.17) is 27.9 Å². The quantitative estimate of drug-likeness (QED) is 0.419.